The number of hydrogen-bond donors (Lipinski definition) is 0. The van der Waals surface area contributed by atoms with Crippen molar-refractivity contribution >= 4 is 22.5 Å². The average molecular weight is 264 g/mol. The first kappa shape index (κ1) is 13.1. The standard InChI is InChI=1S/C13H16N2O2S/c1-9(2)7-11-8-18-13(14-11)10-3-5-12(6-4-10)15(16)17/h3-6,9,11H,7-8H2,1-2H3. The van der Waals surface area contributed by atoms with Gasteiger partial charge in [0.2, 0.25) is 0 Å². The third-order valence-electron chi connectivity index (χ3n) is 2.78. The highest BCUT2D eigenvalue weighted by Crippen LogP contribution is 2.27. The van der Waals surface area contributed by atoms with Crippen molar-refractivity contribution in [1.29, 1.82) is 0 Å². The van der Waals surface area contributed by atoms with Gasteiger partial charge in [-0.3, -0.25) is 15.1 Å². The summed E-state index contributed by atoms with van der Waals surface area (Å²) in [6, 6.07) is 7.02. The number of thioether (sulfide) groups is 1. The van der Waals surface area contributed by atoms with Gasteiger partial charge in [-0.05, 0) is 24.5 Å². The van der Waals surface area contributed by atoms with Crippen LogP contribution in [0.4, 0.5) is 5.69 Å². The van der Waals surface area contributed by atoms with Gasteiger partial charge in [0.05, 0.1) is 16.0 Å². The van der Waals surface area contributed by atoms with Crippen LogP contribution in [0, 0.1) is 16.0 Å². The van der Waals surface area contributed by atoms with Crippen LogP contribution < -0.4 is 0 Å². The maximum atomic E-state index is 10.6. The van der Waals surface area contributed by atoms with Crippen LogP contribution in [0.2, 0.25) is 0 Å². The maximum absolute atomic E-state index is 10.6. The predicted octanol–water partition coefficient (Wildman–Crippen LogP) is 3.50. The number of rotatable bonds is 4. The molecule has 0 fully saturated rings. The Morgan fingerprint density at radius 2 is 2.11 bits per heavy atom. The second-order valence-electron chi connectivity index (χ2n) is 4.83. The van der Waals surface area contributed by atoms with Crippen LogP contribution in [0.1, 0.15) is 25.8 Å². The highest BCUT2D eigenvalue weighted by atomic mass is 32.2. The van der Waals surface area contributed by atoms with Crippen molar-refractivity contribution in [1.82, 2.24) is 0 Å². The average Bonchev–Trinajstić information content (AvgIpc) is 2.76. The van der Waals surface area contributed by atoms with Gasteiger partial charge in [-0.1, -0.05) is 13.8 Å². The molecule has 0 saturated carbocycles. The van der Waals surface area contributed by atoms with Gasteiger partial charge in [0.25, 0.3) is 5.69 Å². The summed E-state index contributed by atoms with van der Waals surface area (Å²) in [6.07, 6.45) is 1.10. The van der Waals surface area contributed by atoms with Gasteiger partial charge in [0.1, 0.15) is 0 Å². The van der Waals surface area contributed by atoms with E-state index in [-0.39, 0.29) is 10.6 Å². The Kier molecular flexibility index (Phi) is 4.01. The molecular weight excluding hydrogens is 248 g/mol. The van der Waals surface area contributed by atoms with Gasteiger partial charge in [-0.2, -0.15) is 0 Å². The van der Waals surface area contributed by atoms with E-state index >= 15 is 0 Å². The lowest BCUT2D eigenvalue weighted by atomic mass is 10.1. The lowest BCUT2D eigenvalue weighted by Crippen LogP contribution is -2.07. The molecule has 0 radical (unpaired) electrons. The Morgan fingerprint density at radius 1 is 1.44 bits per heavy atom. The number of nitro groups is 1. The second kappa shape index (κ2) is 5.52. The molecule has 1 heterocycles. The molecule has 0 aromatic heterocycles. The zero-order valence-corrected chi connectivity index (χ0v) is 11.3. The lowest BCUT2D eigenvalue weighted by Gasteiger charge is -2.07. The summed E-state index contributed by atoms with van der Waals surface area (Å²) in [6.45, 7) is 4.40. The lowest BCUT2D eigenvalue weighted by molar-refractivity contribution is -0.384. The molecule has 1 aliphatic heterocycles. The molecule has 0 spiro atoms. The van der Waals surface area contributed by atoms with Crippen LogP contribution in [0.3, 0.4) is 0 Å². The molecule has 5 heteroatoms. The molecule has 0 aliphatic carbocycles. The zero-order valence-electron chi connectivity index (χ0n) is 10.5. The topological polar surface area (TPSA) is 55.5 Å². The van der Waals surface area contributed by atoms with Crippen molar-refractivity contribution in [2.75, 3.05) is 5.75 Å². The largest absolute Gasteiger partial charge is 0.274 e. The molecule has 0 bridgehead atoms. The molecule has 1 aromatic carbocycles. The van der Waals surface area contributed by atoms with Gasteiger partial charge in [0, 0.05) is 23.4 Å². The summed E-state index contributed by atoms with van der Waals surface area (Å²) in [4.78, 5) is 14.9. The van der Waals surface area contributed by atoms with E-state index in [1.54, 1.807) is 23.9 Å². The van der Waals surface area contributed by atoms with Crippen molar-refractivity contribution < 1.29 is 4.92 Å². The van der Waals surface area contributed by atoms with Crippen molar-refractivity contribution in [2.45, 2.75) is 26.3 Å². The summed E-state index contributed by atoms with van der Waals surface area (Å²) < 4.78 is 0. The third-order valence-corrected chi connectivity index (χ3v) is 3.95. The number of non-ortho nitro benzene ring substituents is 1. The fourth-order valence-electron chi connectivity index (χ4n) is 1.96. The second-order valence-corrected chi connectivity index (χ2v) is 5.84. The molecule has 1 atom stereocenters. The smallest absolute Gasteiger partial charge is 0.269 e. The SMILES string of the molecule is CC(C)CC1CSC(c2ccc([N+](=O)[O-])cc2)=N1. The normalized spacial score (nSPS) is 19.1. The summed E-state index contributed by atoms with van der Waals surface area (Å²) in [5, 5.41) is 11.6. The molecule has 18 heavy (non-hydrogen) atoms. The molecule has 0 N–H and O–H groups in total. The van der Waals surface area contributed by atoms with E-state index in [0.29, 0.717) is 12.0 Å². The van der Waals surface area contributed by atoms with E-state index in [9.17, 15) is 10.1 Å². The Balaban J connectivity index is 2.10. The summed E-state index contributed by atoms with van der Waals surface area (Å²) in [5.41, 5.74) is 1.11. The van der Waals surface area contributed by atoms with E-state index in [0.717, 1.165) is 22.8 Å². The fourth-order valence-corrected chi connectivity index (χ4v) is 3.05. The highest BCUT2D eigenvalue weighted by Gasteiger charge is 2.20. The summed E-state index contributed by atoms with van der Waals surface area (Å²) in [5.74, 6) is 1.67. The summed E-state index contributed by atoms with van der Waals surface area (Å²) in [7, 11) is 0. The van der Waals surface area contributed by atoms with E-state index in [1.807, 2.05) is 0 Å². The van der Waals surface area contributed by atoms with E-state index in [1.165, 1.54) is 12.1 Å². The quantitative estimate of drug-likeness (QED) is 0.617. The monoisotopic (exact) mass is 264 g/mol. The molecule has 1 unspecified atom stereocenters. The van der Waals surface area contributed by atoms with Gasteiger partial charge in [0.15, 0.2) is 0 Å². The Hall–Kier alpha value is -1.36. The molecule has 96 valence electrons. The van der Waals surface area contributed by atoms with Crippen LogP contribution in [-0.2, 0) is 0 Å². The van der Waals surface area contributed by atoms with Crippen molar-refractivity contribution in [2.24, 2.45) is 10.9 Å². The van der Waals surface area contributed by atoms with Gasteiger partial charge < -0.3 is 0 Å². The molecular formula is C13H16N2O2S. The first-order chi connectivity index (χ1) is 8.56. The van der Waals surface area contributed by atoms with E-state index in [4.69, 9.17) is 0 Å². The van der Waals surface area contributed by atoms with Crippen LogP contribution in [0.15, 0.2) is 29.3 Å². The third kappa shape index (κ3) is 3.10. The Morgan fingerprint density at radius 3 is 2.67 bits per heavy atom. The number of benzene rings is 1. The van der Waals surface area contributed by atoms with Crippen LogP contribution in [-0.4, -0.2) is 21.8 Å². The fraction of sp³-hybridized carbons (Fsp3) is 0.462. The first-order valence-corrected chi connectivity index (χ1v) is 7.00. The Labute approximate surface area is 111 Å². The van der Waals surface area contributed by atoms with E-state index < -0.39 is 0 Å². The predicted molar refractivity (Wildman–Crippen MR) is 75.3 cm³/mol. The Bertz CT molecular complexity index is 468. The minimum atomic E-state index is -0.380. The molecule has 4 nitrogen and oxygen atoms in total. The van der Waals surface area contributed by atoms with Crippen LogP contribution in [0.25, 0.3) is 0 Å². The molecule has 0 saturated heterocycles. The number of nitro benzene ring substituents is 1. The molecule has 2 rings (SSSR count). The van der Waals surface area contributed by atoms with Gasteiger partial charge in [-0.25, -0.2) is 0 Å². The van der Waals surface area contributed by atoms with E-state index in [2.05, 4.69) is 18.8 Å². The molecule has 1 aromatic rings. The summed E-state index contributed by atoms with van der Waals surface area (Å²) >= 11 is 1.74. The van der Waals surface area contributed by atoms with Crippen molar-refractivity contribution in [3.05, 3.63) is 39.9 Å². The van der Waals surface area contributed by atoms with Crippen LogP contribution in [0.5, 0.6) is 0 Å². The molecule has 1 aliphatic rings. The minimum Gasteiger partial charge on any atom is -0.274 e. The first-order valence-electron chi connectivity index (χ1n) is 6.01. The highest BCUT2D eigenvalue weighted by molar-refractivity contribution is 8.14. The molecule has 0 amide bonds. The van der Waals surface area contributed by atoms with Crippen molar-refractivity contribution in [3.8, 4) is 0 Å². The number of hydrogen-bond acceptors (Lipinski definition) is 4. The van der Waals surface area contributed by atoms with Crippen LogP contribution >= 0.6 is 11.8 Å². The number of nitrogens with zero attached hydrogens (tertiary/aromatic N) is 2. The van der Waals surface area contributed by atoms with Crippen molar-refractivity contribution in [3.63, 3.8) is 0 Å². The van der Waals surface area contributed by atoms with Gasteiger partial charge in [-0.15, -0.1) is 11.8 Å². The number of aliphatic imine (C=N–C) groups is 1. The minimum absolute atomic E-state index is 0.126. The zero-order chi connectivity index (χ0) is 13.1. The maximum Gasteiger partial charge on any atom is 0.269 e. The van der Waals surface area contributed by atoms with Gasteiger partial charge >= 0.3 is 0 Å².